The topological polar surface area (TPSA) is 12.0 Å². The quantitative estimate of drug-likeness (QED) is 0.502. The Kier molecular flexibility index (Phi) is 8.12. The second kappa shape index (κ2) is 9.29. The van der Waals surface area contributed by atoms with Gasteiger partial charge in [-0.1, -0.05) is 18.9 Å². The number of hydrogen-bond acceptors (Lipinski definition) is 2. The van der Waals surface area contributed by atoms with Crippen LogP contribution in [0.15, 0.2) is 12.7 Å². The van der Waals surface area contributed by atoms with Crippen LogP contribution in [0.5, 0.6) is 0 Å². The first-order valence-corrected chi connectivity index (χ1v) is 7.41. The molecule has 0 radical (unpaired) electrons. The maximum atomic E-state index is 3.74. The number of nitrogens with one attached hydrogen (secondary N) is 1. The Morgan fingerprint density at radius 1 is 1.27 bits per heavy atom. The summed E-state index contributed by atoms with van der Waals surface area (Å²) >= 11 is 2.16. The molecular weight excluding hydrogens is 202 g/mol. The summed E-state index contributed by atoms with van der Waals surface area (Å²) in [4.78, 5) is 0. The zero-order chi connectivity index (χ0) is 10.8. The molecular formula is C13H25NS. The van der Waals surface area contributed by atoms with E-state index in [9.17, 15) is 0 Å². The summed E-state index contributed by atoms with van der Waals surface area (Å²) in [7, 11) is 0. The van der Waals surface area contributed by atoms with Gasteiger partial charge in [0.15, 0.2) is 0 Å². The van der Waals surface area contributed by atoms with Crippen molar-refractivity contribution in [2.24, 2.45) is 0 Å². The van der Waals surface area contributed by atoms with Gasteiger partial charge < -0.3 is 5.32 Å². The molecule has 15 heavy (non-hydrogen) atoms. The van der Waals surface area contributed by atoms with Gasteiger partial charge in [0, 0.05) is 11.8 Å². The highest BCUT2D eigenvalue weighted by Gasteiger charge is 2.12. The molecule has 1 fully saturated rings. The summed E-state index contributed by atoms with van der Waals surface area (Å²) in [5, 5.41) is 4.48. The molecule has 0 aromatic carbocycles. The van der Waals surface area contributed by atoms with Gasteiger partial charge in [0.1, 0.15) is 0 Å². The highest BCUT2D eigenvalue weighted by molar-refractivity contribution is 7.99. The maximum Gasteiger partial charge on any atom is 0.0172 e. The summed E-state index contributed by atoms with van der Waals surface area (Å²) in [6.45, 7) is 6.17. The van der Waals surface area contributed by atoms with Crippen molar-refractivity contribution in [3.8, 4) is 0 Å². The summed E-state index contributed by atoms with van der Waals surface area (Å²) in [5.74, 6) is 1.38. The molecule has 1 nitrogen and oxygen atoms in total. The fraction of sp³-hybridized carbons (Fsp3) is 0.846. The number of hydrogen-bond donors (Lipinski definition) is 1. The zero-order valence-corrected chi connectivity index (χ0v) is 10.7. The monoisotopic (exact) mass is 227 g/mol. The number of unbranched alkanes of at least 4 members (excludes halogenated alkanes) is 3. The third kappa shape index (κ3) is 7.02. The van der Waals surface area contributed by atoms with Gasteiger partial charge in [-0.15, -0.1) is 6.58 Å². The number of allylic oxidation sites excluding steroid dienone is 1. The molecule has 0 saturated carbocycles. The Morgan fingerprint density at radius 2 is 2.20 bits per heavy atom. The Bertz CT molecular complexity index is 153. The second-order valence-corrected chi connectivity index (χ2v) is 5.74. The molecule has 1 atom stereocenters. The van der Waals surface area contributed by atoms with Crippen molar-refractivity contribution < 1.29 is 0 Å². The lowest BCUT2D eigenvalue weighted by molar-refractivity contribution is 0.569. The molecule has 2 heteroatoms. The summed E-state index contributed by atoms with van der Waals surface area (Å²) in [5.41, 5.74) is 0. The summed E-state index contributed by atoms with van der Waals surface area (Å²) in [6, 6.07) is 0. The molecule has 1 heterocycles. The average molecular weight is 227 g/mol. The van der Waals surface area contributed by atoms with Crippen LogP contribution >= 0.6 is 11.8 Å². The molecule has 0 spiro atoms. The van der Waals surface area contributed by atoms with Gasteiger partial charge in [-0.2, -0.15) is 11.8 Å². The molecule has 0 aromatic rings. The van der Waals surface area contributed by atoms with Crippen molar-refractivity contribution in [2.75, 3.05) is 18.8 Å². The minimum absolute atomic E-state index is 0.895. The molecule has 1 N–H and O–H groups in total. The van der Waals surface area contributed by atoms with Crippen LogP contribution in [0, 0.1) is 0 Å². The molecule has 0 amide bonds. The highest BCUT2D eigenvalue weighted by atomic mass is 32.2. The molecule has 0 aliphatic carbocycles. The Hall–Kier alpha value is 0.0500. The smallest absolute Gasteiger partial charge is 0.0172 e. The highest BCUT2D eigenvalue weighted by Crippen LogP contribution is 2.24. The molecule has 1 saturated heterocycles. The van der Waals surface area contributed by atoms with Crippen LogP contribution in [0.25, 0.3) is 0 Å². The van der Waals surface area contributed by atoms with E-state index in [2.05, 4.69) is 23.7 Å². The van der Waals surface area contributed by atoms with E-state index in [0.717, 1.165) is 5.25 Å². The van der Waals surface area contributed by atoms with Crippen molar-refractivity contribution in [2.45, 2.75) is 50.2 Å². The van der Waals surface area contributed by atoms with Crippen molar-refractivity contribution in [3.63, 3.8) is 0 Å². The van der Waals surface area contributed by atoms with Crippen LogP contribution in [0.4, 0.5) is 0 Å². The lowest BCUT2D eigenvalue weighted by Gasteiger charge is -2.21. The molecule has 1 aliphatic heterocycles. The van der Waals surface area contributed by atoms with Crippen LogP contribution in [0.3, 0.4) is 0 Å². The molecule has 0 bridgehead atoms. The van der Waals surface area contributed by atoms with E-state index in [1.165, 1.54) is 63.8 Å². The minimum atomic E-state index is 0.895. The first kappa shape index (κ1) is 13.1. The fourth-order valence-electron chi connectivity index (χ4n) is 1.95. The molecule has 1 rings (SSSR count). The van der Waals surface area contributed by atoms with Crippen molar-refractivity contribution >= 4 is 11.8 Å². The third-order valence-corrected chi connectivity index (χ3v) is 4.31. The van der Waals surface area contributed by atoms with E-state index in [0.29, 0.717) is 0 Å². The van der Waals surface area contributed by atoms with Gasteiger partial charge in [-0.3, -0.25) is 0 Å². The van der Waals surface area contributed by atoms with Gasteiger partial charge in [-0.25, -0.2) is 0 Å². The summed E-state index contributed by atoms with van der Waals surface area (Å²) in [6.07, 6.45) is 11.5. The van der Waals surface area contributed by atoms with Crippen molar-refractivity contribution in [1.29, 1.82) is 0 Å². The summed E-state index contributed by atoms with van der Waals surface area (Å²) < 4.78 is 0. The van der Waals surface area contributed by atoms with E-state index in [4.69, 9.17) is 0 Å². The average Bonchev–Trinajstić information content (AvgIpc) is 2.29. The zero-order valence-electron chi connectivity index (χ0n) is 9.84. The normalized spacial score (nSPS) is 21.5. The largest absolute Gasteiger partial charge is 0.316 e. The lowest BCUT2D eigenvalue weighted by atomic mass is 10.1. The SMILES string of the molecule is C=CCCCCCNCC1CCCCS1. The van der Waals surface area contributed by atoms with Crippen molar-refractivity contribution in [1.82, 2.24) is 5.32 Å². The van der Waals surface area contributed by atoms with Crippen LogP contribution < -0.4 is 5.32 Å². The standard InChI is InChI=1S/C13H25NS/c1-2-3-4-5-7-10-14-12-13-9-6-8-11-15-13/h2,13-14H,1,3-12H2. The number of rotatable bonds is 8. The van der Waals surface area contributed by atoms with Gasteiger partial charge in [0.2, 0.25) is 0 Å². The van der Waals surface area contributed by atoms with Gasteiger partial charge in [0.05, 0.1) is 0 Å². The Labute approximate surface area is 99.1 Å². The minimum Gasteiger partial charge on any atom is -0.316 e. The second-order valence-electron chi connectivity index (χ2n) is 4.33. The van der Waals surface area contributed by atoms with E-state index in [1.54, 1.807) is 0 Å². The predicted octanol–water partition coefficient (Wildman–Crippen LogP) is 3.61. The van der Waals surface area contributed by atoms with Crippen LogP contribution in [-0.4, -0.2) is 24.1 Å². The predicted molar refractivity (Wildman–Crippen MR) is 71.6 cm³/mol. The van der Waals surface area contributed by atoms with Gasteiger partial charge in [0.25, 0.3) is 0 Å². The Balaban J connectivity index is 1.81. The van der Waals surface area contributed by atoms with E-state index >= 15 is 0 Å². The Morgan fingerprint density at radius 3 is 2.93 bits per heavy atom. The number of thioether (sulfide) groups is 1. The first-order valence-electron chi connectivity index (χ1n) is 6.36. The van der Waals surface area contributed by atoms with E-state index in [1.807, 2.05) is 6.08 Å². The van der Waals surface area contributed by atoms with Crippen LogP contribution in [0.1, 0.15) is 44.9 Å². The van der Waals surface area contributed by atoms with Crippen molar-refractivity contribution in [3.05, 3.63) is 12.7 Å². The lowest BCUT2D eigenvalue weighted by Crippen LogP contribution is -2.27. The van der Waals surface area contributed by atoms with Gasteiger partial charge in [-0.05, 0) is 44.4 Å². The maximum absolute atomic E-state index is 3.74. The fourth-order valence-corrected chi connectivity index (χ4v) is 3.22. The molecule has 1 aliphatic rings. The van der Waals surface area contributed by atoms with Crippen LogP contribution in [0.2, 0.25) is 0 Å². The third-order valence-electron chi connectivity index (χ3n) is 2.91. The van der Waals surface area contributed by atoms with Gasteiger partial charge >= 0.3 is 0 Å². The van der Waals surface area contributed by atoms with Crippen LogP contribution in [-0.2, 0) is 0 Å². The molecule has 88 valence electrons. The van der Waals surface area contributed by atoms with E-state index < -0.39 is 0 Å². The van der Waals surface area contributed by atoms with E-state index in [-0.39, 0.29) is 0 Å². The molecule has 0 aromatic heterocycles. The molecule has 1 unspecified atom stereocenters. The first-order chi connectivity index (χ1) is 7.43.